The van der Waals surface area contributed by atoms with Crippen LogP contribution in [0.1, 0.15) is 23.0 Å². The van der Waals surface area contributed by atoms with Gasteiger partial charge < -0.3 is 10.4 Å². The summed E-state index contributed by atoms with van der Waals surface area (Å²) in [6.45, 7) is 1.52. The normalized spacial score (nSPS) is 9.67. The van der Waals surface area contributed by atoms with Crippen LogP contribution < -0.4 is 5.32 Å². The lowest BCUT2D eigenvalue weighted by Gasteiger charge is -2.05. The van der Waals surface area contributed by atoms with Crippen molar-refractivity contribution < 1.29 is 14.7 Å². The van der Waals surface area contributed by atoms with E-state index in [1.807, 2.05) is 6.92 Å². The van der Waals surface area contributed by atoms with Crippen molar-refractivity contribution in [2.24, 2.45) is 0 Å². The van der Waals surface area contributed by atoms with E-state index in [1.165, 1.54) is 6.20 Å². The van der Waals surface area contributed by atoms with Gasteiger partial charge in [-0.3, -0.25) is 14.6 Å². The van der Waals surface area contributed by atoms with Gasteiger partial charge in [0, 0.05) is 6.20 Å². The molecule has 0 radical (unpaired) electrons. The van der Waals surface area contributed by atoms with Gasteiger partial charge >= 0.3 is 5.97 Å². The largest absolute Gasteiger partial charge is 0.480 e. The van der Waals surface area contributed by atoms with Gasteiger partial charge in [0.25, 0.3) is 5.91 Å². The summed E-state index contributed by atoms with van der Waals surface area (Å²) in [6, 6.07) is 3.54. The van der Waals surface area contributed by atoms with E-state index in [4.69, 9.17) is 5.11 Å². The maximum Gasteiger partial charge on any atom is 0.322 e. The predicted octanol–water partition coefficient (Wildman–Crippen LogP) is 0.458. The number of nitrogens with one attached hydrogen (secondary N) is 1. The molecule has 1 amide bonds. The number of aliphatic carboxylic acids is 1. The maximum atomic E-state index is 11.5. The lowest BCUT2D eigenvalue weighted by Crippen LogP contribution is -2.30. The lowest BCUT2D eigenvalue weighted by molar-refractivity contribution is -0.135. The van der Waals surface area contributed by atoms with Crippen molar-refractivity contribution in [3.8, 4) is 0 Å². The fourth-order valence-electron chi connectivity index (χ4n) is 1.17. The average Bonchev–Trinajstić information content (AvgIpc) is 2.25. The fraction of sp³-hybridized carbons (Fsp3) is 0.300. The summed E-state index contributed by atoms with van der Waals surface area (Å²) in [6.07, 6.45) is 2.19. The SMILES string of the molecule is CCc1cccnc1C(=O)NCC(=O)O. The Bertz CT molecular complexity index is 377. The molecule has 0 bridgehead atoms. The second-order valence-corrected chi connectivity index (χ2v) is 2.94. The number of hydrogen-bond acceptors (Lipinski definition) is 3. The third kappa shape index (κ3) is 3.05. The highest BCUT2D eigenvalue weighted by Gasteiger charge is 2.11. The third-order valence-electron chi connectivity index (χ3n) is 1.89. The van der Waals surface area contributed by atoms with Crippen molar-refractivity contribution in [3.05, 3.63) is 29.6 Å². The Hall–Kier alpha value is -1.91. The van der Waals surface area contributed by atoms with Crippen molar-refractivity contribution in [2.75, 3.05) is 6.54 Å². The topological polar surface area (TPSA) is 79.3 Å². The van der Waals surface area contributed by atoms with Crippen LogP contribution in [0.5, 0.6) is 0 Å². The molecule has 1 aromatic rings. The van der Waals surface area contributed by atoms with E-state index in [9.17, 15) is 9.59 Å². The highest BCUT2D eigenvalue weighted by atomic mass is 16.4. The quantitative estimate of drug-likeness (QED) is 0.753. The molecule has 1 heterocycles. The lowest BCUT2D eigenvalue weighted by atomic mass is 10.1. The molecule has 0 aliphatic rings. The van der Waals surface area contributed by atoms with E-state index in [1.54, 1.807) is 12.1 Å². The Balaban J connectivity index is 2.77. The first kappa shape index (κ1) is 11.2. The Labute approximate surface area is 87.1 Å². The summed E-state index contributed by atoms with van der Waals surface area (Å²) in [5.41, 5.74) is 1.10. The first-order valence-corrected chi connectivity index (χ1v) is 4.59. The molecular formula is C10H12N2O3. The molecule has 0 saturated heterocycles. The zero-order chi connectivity index (χ0) is 11.3. The summed E-state index contributed by atoms with van der Waals surface area (Å²) >= 11 is 0. The van der Waals surface area contributed by atoms with E-state index in [-0.39, 0.29) is 0 Å². The monoisotopic (exact) mass is 208 g/mol. The van der Waals surface area contributed by atoms with Crippen molar-refractivity contribution in [1.82, 2.24) is 10.3 Å². The van der Waals surface area contributed by atoms with Crippen LogP contribution in [-0.2, 0) is 11.2 Å². The summed E-state index contributed by atoms with van der Waals surface area (Å²) in [5, 5.41) is 10.7. The Morgan fingerprint density at radius 1 is 1.53 bits per heavy atom. The molecule has 80 valence electrons. The van der Waals surface area contributed by atoms with Crippen LogP contribution in [0.15, 0.2) is 18.3 Å². The Morgan fingerprint density at radius 2 is 2.27 bits per heavy atom. The number of pyridine rings is 1. The van der Waals surface area contributed by atoms with Crippen LogP contribution in [0, 0.1) is 0 Å². The smallest absolute Gasteiger partial charge is 0.322 e. The minimum absolute atomic E-state index is 0.293. The van der Waals surface area contributed by atoms with Gasteiger partial charge in [-0.1, -0.05) is 13.0 Å². The van der Waals surface area contributed by atoms with Gasteiger partial charge in [0.15, 0.2) is 0 Å². The van der Waals surface area contributed by atoms with Gasteiger partial charge in [-0.2, -0.15) is 0 Å². The number of nitrogens with zero attached hydrogens (tertiary/aromatic N) is 1. The van der Waals surface area contributed by atoms with Crippen LogP contribution in [0.3, 0.4) is 0 Å². The molecule has 0 saturated carbocycles. The molecule has 5 heteroatoms. The molecule has 1 rings (SSSR count). The number of carbonyl (C=O) groups is 2. The minimum Gasteiger partial charge on any atom is -0.480 e. The molecule has 0 aliphatic carbocycles. The van der Waals surface area contributed by atoms with E-state index in [0.29, 0.717) is 12.1 Å². The number of carbonyl (C=O) groups excluding carboxylic acids is 1. The van der Waals surface area contributed by atoms with Gasteiger partial charge in [-0.15, -0.1) is 0 Å². The molecule has 0 aromatic carbocycles. The van der Waals surface area contributed by atoms with E-state index < -0.39 is 18.4 Å². The molecule has 1 aromatic heterocycles. The second-order valence-electron chi connectivity index (χ2n) is 2.94. The van der Waals surface area contributed by atoms with Crippen LogP contribution in [0.25, 0.3) is 0 Å². The van der Waals surface area contributed by atoms with Gasteiger partial charge in [0.05, 0.1) is 0 Å². The zero-order valence-electron chi connectivity index (χ0n) is 8.36. The highest BCUT2D eigenvalue weighted by Crippen LogP contribution is 2.05. The van der Waals surface area contributed by atoms with Crippen molar-refractivity contribution >= 4 is 11.9 Å². The predicted molar refractivity (Wildman–Crippen MR) is 53.6 cm³/mol. The van der Waals surface area contributed by atoms with E-state index in [2.05, 4.69) is 10.3 Å². The van der Waals surface area contributed by atoms with Crippen molar-refractivity contribution in [2.45, 2.75) is 13.3 Å². The molecule has 5 nitrogen and oxygen atoms in total. The summed E-state index contributed by atoms with van der Waals surface area (Å²) < 4.78 is 0. The van der Waals surface area contributed by atoms with Crippen molar-refractivity contribution in [3.63, 3.8) is 0 Å². The fourth-order valence-corrected chi connectivity index (χ4v) is 1.17. The van der Waals surface area contributed by atoms with Crippen LogP contribution >= 0.6 is 0 Å². The van der Waals surface area contributed by atoms with Gasteiger partial charge in [-0.25, -0.2) is 0 Å². The Morgan fingerprint density at radius 3 is 2.87 bits per heavy atom. The molecule has 0 fully saturated rings. The molecule has 0 aliphatic heterocycles. The van der Waals surface area contributed by atoms with E-state index >= 15 is 0 Å². The number of aromatic nitrogens is 1. The van der Waals surface area contributed by atoms with Crippen LogP contribution in [0.4, 0.5) is 0 Å². The number of amides is 1. The molecule has 15 heavy (non-hydrogen) atoms. The van der Waals surface area contributed by atoms with Gasteiger partial charge in [0.2, 0.25) is 0 Å². The van der Waals surface area contributed by atoms with Gasteiger partial charge in [0.1, 0.15) is 12.2 Å². The average molecular weight is 208 g/mol. The summed E-state index contributed by atoms with van der Waals surface area (Å²) in [7, 11) is 0. The number of carboxylic acids is 1. The Kier molecular flexibility index (Phi) is 3.79. The number of aryl methyl sites for hydroxylation is 1. The number of rotatable bonds is 4. The summed E-state index contributed by atoms with van der Waals surface area (Å²) in [4.78, 5) is 25.7. The highest BCUT2D eigenvalue weighted by molar-refractivity contribution is 5.95. The molecule has 0 atom stereocenters. The first-order chi connectivity index (χ1) is 7.15. The zero-order valence-corrected chi connectivity index (χ0v) is 8.36. The van der Waals surface area contributed by atoms with Crippen molar-refractivity contribution in [1.29, 1.82) is 0 Å². The maximum absolute atomic E-state index is 11.5. The summed E-state index contributed by atoms with van der Waals surface area (Å²) in [5.74, 6) is -1.52. The van der Waals surface area contributed by atoms with E-state index in [0.717, 1.165) is 5.56 Å². The first-order valence-electron chi connectivity index (χ1n) is 4.59. The standard InChI is InChI=1S/C10H12N2O3/c1-2-7-4-3-5-11-9(7)10(15)12-6-8(13)14/h3-5H,2,6H2,1H3,(H,12,15)(H,13,14). The minimum atomic E-state index is -1.07. The van der Waals surface area contributed by atoms with Crippen LogP contribution in [-0.4, -0.2) is 28.5 Å². The van der Waals surface area contributed by atoms with Crippen LogP contribution in [0.2, 0.25) is 0 Å². The molecule has 0 unspecified atom stereocenters. The third-order valence-corrected chi connectivity index (χ3v) is 1.89. The molecule has 2 N–H and O–H groups in total. The van der Waals surface area contributed by atoms with Gasteiger partial charge in [-0.05, 0) is 18.1 Å². The second kappa shape index (κ2) is 5.09. The molecule has 0 spiro atoms. The number of carboxylic acid groups (broad SMARTS) is 1. The number of hydrogen-bond donors (Lipinski definition) is 2. The molecular weight excluding hydrogens is 196 g/mol.